The summed E-state index contributed by atoms with van der Waals surface area (Å²) in [4.78, 5) is 16.0. The van der Waals surface area contributed by atoms with Gasteiger partial charge in [-0.2, -0.15) is 5.10 Å². The van der Waals surface area contributed by atoms with Crippen molar-refractivity contribution in [1.29, 1.82) is 0 Å². The SMILES string of the molecule is CC(C)c1cc(C(=O)O)c2cnn(-c3ccc(F)cc3)c2n1. The number of hydrogen-bond donors (Lipinski definition) is 1. The fourth-order valence-corrected chi connectivity index (χ4v) is 2.26. The summed E-state index contributed by atoms with van der Waals surface area (Å²) in [5.74, 6) is -1.28. The first kappa shape index (κ1) is 14.2. The summed E-state index contributed by atoms with van der Waals surface area (Å²) in [5.41, 5.74) is 1.92. The maximum absolute atomic E-state index is 13.1. The number of aromatic carboxylic acids is 1. The molecule has 0 spiro atoms. The first-order valence-electron chi connectivity index (χ1n) is 6.85. The Morgan fingerprint density at radius 3 is 2.55 bits per heavy atom. The molecule has 1 N–H and O–H groups in total. The van der Waals surface area contributed by atoms with Gasteiger partial charge >= 0.3 is 5.97 Å². The molecule has 0 atom stereocenters. The minimum absolute atomic E-state index is 0.0825. The Morgan fingerprint density at radius 2 is 1.95 bits per heavy atom. The minimum atomic E-state index is -1.02. The molecule has 5 nitrogen and oxygen atoms in total. The number of carbonyl (C=O) groups is 1. The van der Waals surface area contributed by atoms with Crippen molar-refractivity contribution in [3.63, 3.8) is 0 Å². The summed E-state index contributed by atoms with van der Waals surface area (Å²) in [5, 5.41) is 14.1. The molecular formula is C16H14FN3O2. The van der Waals surface area contributed by atoms with Gasteiger partial charge in [0.25, 0.3) is 0 Å². The lowest BCUT2D eigenvalue weighted by atomic mass is 10.1. The van der Waals surface area contributed by atoms with E-state index in [4.69, 9.17) is 0 Å². The number of carboxylic acid groups (broad SMARTS) is 1. The van der Waals surface area contributed by atoms with E-state index in [1.807, 2.05) is 13.8 Å². The molecule has 0 bridgehead atoms. The molecule has 2 heterocycles. The lowest BCUT2D eigenvalue weighted by Gasteiger charge is -2.08. The Labute approximate surface area is 126 Å². The maximum Gasteiger partial charge on any atom is 0.336 e. The van der Waals surface area contributed by atoms with Crippen LogP contribution in [-0.4, -0.2) is 25.8 Å². The van der Waals surface area contributed by atoms with Gasteiger partial charge in [0.2, 0.25) is 0 Å². The highest BCUT2D eigenvalue weighted by Crippen LogP contribution is 2.24. The molecule has 0 aliphatic heterocycles. The van der Waals surface area contributed by atoms with Gasteiger partial charge in [0, 0.05) is 5.69 Å². The molecule has 0 aliphatic carbocycles. The van der Waals surface area contributed by atoms with Crippen LogP contribution in [0.1, 0.15) is 35.8 Å². The zero-order valence-electron chi connectivity index (χ0n) is 12.1. The quantitative estimate of drug-likeness (QED) is 0.805. The molecule has 0 saturated heterocycles. The summed E-state index contributed by atoms with van der Waals surface area (Å²) in [6, 6.07) is 7.38. The van der Waals surface area contributed by atoms with E-state index in [-0.39, 0.29) is 17.3 Å². The Morgan fingerprint density at radius 1 is 1.27 bits per heavy atom. The molecule has 0 unspecified atom stereocenters. The van der Waals surface area contributed by atoms with Crippen molar-refractivity contribution in [1.82, 2.24) is 14.8 Å². The summed E-state index contributed by atoms with van der Waals surface area (Å²) < 4.78 is 14.6. The highest BCUT2D eigenvalue weighted by molar-refractivity contribution is 6.01. The van der Waals surface area contributed by atoms with Gasteiger partial charge in [-0.15, -0.1) is 0 Å². The number of nitrogens with zero attached hydrogens (tertiary/aromatic N) is 3. The molecule has 0 amide bonds. The van der Waals surface area contributed by atoms with Gasteiger partial charge in [-0.05, 0) is 36.2 Å². The standard InChI is InChI=1S/C16H14FN3O2/c1-9(2)14-7-12(16(21)22)13-8-18-20(15(13)19-14)11-5-3-10(17)4-6-11/h3-9H,1-2H3,(H,21,22). The normalized spacial score (nSPS) is 11.3. The van der Waals surface area contributed by atoms with Crippen LogP contribution < -0.4 is 0 Å². The average molecular weight is 299 g/mol. The van der Waals surface area contributed by atoms with E-state index in [2.05, 4.69) is 10.1 Å². The monoisotopic (exact) mass is 299 g/mol. The van der Waals surface area contributed by atoms with Crippen LogP contribution in [0.2, 0.25) is 0 Å². The number of halogens is 1. The average Bonchev–Trinajstić information content (AvgIpc) is 2.90. The van der Waals surface area contributed by atoms with E-state index in [1.165, 1.54) is 23.0 Å². The van der Waals surface area contributed by atoms with Crippen LogP contribution in [0.25, 0.3) is 16.7 Å². The lowest BCUT2D eigenvalue weighted by molar-refractivity contribution is 0.0699. The van der Waals surface area contributed by atoms with Crippen molar-refractivity contribution in [3.8, 4) is 5.69 Å². The lowest BCUT2D eigenvalue weighted by Crippen LogP contribution is -2.05. The molecule has 3 aromatic rings. The van der Waals surface area contributed by atoms with E-state index in [0.29, 0.717) is 22.4 Å². The van der Waals surface area contributed by atoms with Crippen LogP contribution in [0, 0.1) is 5.82 Å². The van der Waals surface area contributed by atoms with Crippen LogP contribution in [0.15, 0.2) is 36.5 Å². The van der Waals surface area contributed by atoms with Gasteiger partial charge in [0.1, 0.15) is 5.82 Å². The Bertz CT molecular complexity index is 854. The van der Waals surface area contributed by atoms with Gasteiger partial charge < -0.3 is 5.11 Å². The molecule has 0 fully saturated rings. The summed E-state index contributed by atoms with van der Waals surface area (Å²) >= 11 is 0. The van der Waals surface area contributed by atoms with Gasteiger partial charge in [0.05, 0.1) is 22.8 Å². The van der Waals surface area contributed by atoms with Crippen molar-refractivity contribution < 1.29 is 14.3 Å². The van der Waals surface area contributed by atoms with Crippen molar-refractivity contribution in [2.24, 2.45) is 0 Å². The first-order valence-corrected chi connectivity index (χ1v) is 6.85. The van der Waals surface area contributed by atoms with E-state index in [1.54, 1.807) is 18.2 Å². The first-order chi connectivity index (χ1) is 10.5. The van der Waals surface area contributed by atoms with Gasteiger partial charge in [-0.3, -0.25) is 0 Å². The Hall–Kier alpha value is -2.76. The molecule has 3 rings (SSSR count). The number of fused-ring (bicyclic) bond motifs is 1. The van der Waals surface area contributed by atoms with Crippen LogP contribution in [0.5, 0.6) is 0 Å². The Kier molecular flexibility index (Phi) is 3.36. The van der Waals surface area contributed by atoms with Gasteiger partial charge in [0.15, 0.2) is 5.65 Å². The molecule has 1 aromatic carbocycles. The van der Waals surface area contributed by atoms with E-state index >= 15 is 0 Å². The van der Waals surface area contributed by atoms with Crippen molar-refractivity contribution in [3.05, 3.63) is 53.6 Å². The molecule has 2 aromatic heterocycles. The van der Waals surface area contributed by atoms with Crippen molar-refractivity contribution in [2.45, 2.75) is 19.8 Å². The van der Waals surface area contributed by atoms with Gasteiger partial charge in [-0.1, -0.05) is 13.8 Å². The van der Waals surface area contributed by atoms with Crippen LogP contribution in [0.4, 0.5) is 4.39 Å². The third-order valence-electron chi connectivity index (χ3n) is 3.45. The van der Waals surface area contributed by atoms with Crippen molar-refractivity contribution >= 4 is 17.0 Å². The largest absolute Gasteiger partial charge is 0.478 e. The molecular weight excluding hydrogens is 285 g/mol. The highest BCUT2D eigenvalue weighted by Gasteiger charge is 2.17. The predicted octanol–water partition coefficient (Wildman–Crippen LogP) is 3.38. The fraction of sp³-hybridized carbons (Fsp3) is 0.188. The zero-order valence-corrected chi connectivity index (χ0v) is 12.1. The highest BCUT2D eigenvalue weighted by atomic mass is 19.1. The number of benzene rings is 1. The molecule has 0 saturated carbocycles. The molecule has 22 heavy (non-hydrogen) atoms. The minimum Gasteiger partial charge on any atom is -0.478 e. The summed E-state index contributed by atoms with van der Waals surface area (Å²) in [7, 11) is 0. The van der Waals surface area contributed by atoms with Crippen molar-refractivity contribution in [2.75, 3.05) is 0 Å². The smallest absolute Gasteiger partial charge is 0.336 e. The molecule has 0 radical (unpaired) electrons. The third kappa shape index (κ3) is 2.32. The van der Waals surface area contributed by atoms with E-state index in [9.17, 15) is 14.3 Å². The molecule has 0 aliphatic rings. The fourth-order valence-electron chi connectivity index (χ4n) is 2.26. The second kappa shape index (κ2) is 5.22. The second-order valence-corrected chi connectivity index (χ2v) is 5.32. The topological polar surface area (TPSA) is 68.0 Å². The van der Waals surface area contributed by atoms with Gasteiger partial charge in [-0.25, -0.2) is 18.9 Å². The number of rotatable bonds is 3. The predicted molar refractivity (Wildman–Crippen MR) is 79.9 cm³/mol. The van der Waals surface area contributed by atoms with E-state index in [0.717, 1.165) is 0 Å². The molecule has 112 valence electrons. The van der Waals surface area contributed by atoms with Crippen LogP contribution in [0.3, 0.4) is 0 Å². The van der Waals surface area contributed by atoms with Crippen LogP contribution in [-0.2, 0) is 0 Å². The molecule has 6 heteroatoms. The number of hydrogen-bond acceptors (Lipinski definition) is 3. The number of aromatic nitrogens is 3. The summed E-state index contributed by atoms with van der Waals surface area (Å²) in [6.45, 7) is 3.89. The number of pyridine rings is 1. The zero-order chi connectivity index (χ0) is 15.9. The maximum atomic E-state index is 13.1. The third-order valence-corrected chi connectivity index (χ3v) is 3.45. The Balaban J connectivity index is 2.29. The summed E-state index contributed by atoms with van der Waals surface area (Å²) in [6.07, 6.45) is 1.47. The van der Waals surface area contributed by atoms with E-state index < -0.39 is 5.97 Å². The van der Waals surface area contributed by atoms with Crippen LogP contribution >= 0.6 is 0 Å². The second-order valence-electron chi connectivity index (χ2n) is 5.32. The number of carboxylic acids is 1.